The van der Waals surface area contributed by atoms with Crippen LogP contribution in [0.15, 0.2) is 24.4 Å². The zero-order valence-electron chi connectivity index (χ0n) is 8.10. The van der Waals surface area contributed by atoms with E-state index in [2.05, 4.69) is 24.2 Å². The fraction of sp³-hybridized carbons (Fsp3) is 0.300. The minimum Gasteiger partial charge on any atom is -0.382 e. The van der Waals surface area contributed by atoms with Crippen molar-refractivity contribution in [3.8, 4) is 0 Å². The first-order valence-electron chi connectivity index (χ1n) is 4.64. The highest BCUT2D eigenvalue weighted by molar-refractivity contribution is 7.11. The summed E-state index contributed by atoms with van der Waals surface area (Å²) in [6.45, 7) is 2.99. The second kappa shape index (κ2) is 3.84. The second-order valence-electron chi connectivity index (χ2n) is 3.16. The number of nitrogen functional groups attached to an aromatic ring is 1. The number of anilines is 1. The van der Waals surface area contributed by atoms with Crippen LogP contribution in [0.4, 0.5) is 5.82 Å². The van der Waals surface area contributed by atoms with E-state index >= 15 is 0 Å². The standard InChI is InChI=1S/C10H13N3S/c1-2-8-3-4-9(14-8)7-13-6-5-10(11)12-13/h3-6H,2,7H2,1H3,(H2,11,12). The van der Waals surface area contributed by atoms with Gasteiger partial charge in [-0.1, -0.05) is 6.92 Å². The number of nitrogens with two attached hydrogens (primary N) is 1. The van der Waals surface area contributed by atoms with Crippen molar-refractivity contribution in [2.24, 2.45) is 0 Å². The van der Waals surface area contributed by atoms with E-state index in [1.54, 1.807) is 0 Å². The molecule has 3 nitrogen and oxygen atoms in total. The molecule has 0 bridgehead atoms. The van der Waals surface area contributed by atoms with E-state index < -0.39 is 0 Å². The van der Waals surface area contributed by atoms with Gasteiger partial charge in [-0.15, -0.1) is 11.3 Å². The summed E-state index contributed by atoms with van der Waals surface area (Å²) < 4.78 is 1.86. The second-order valence-corrected chi connectivity index (χ2v) is 4.41. The van der Waals surface area contributed by atoms with Crippen molar-refractivity contribution >= 4 is 17.2 Å². The first-order chi connectivity index (χ1) is 6.78. The van der Waals surface area contributed by atoms with Gasteiger partial charge in [-0.3, -0.25) is 4.68 Å². The zero-order valence-corrected chi connectivity index (χ0v) is 8.92. The number of aromatic nitrogens is 2. The molecule has 74 valence electrons. The van der Waals surface area contributed by atoms with Crippen LogP contribution in [0.2, 0.25) is 0 Å². The molecule has 14 heavy (non-hydrogen) atoms. The third-order valence-electron chi connectivity index (χ3n) is 2.04. The molecule has 0 fully saturated rings. The Hall–Kier alpha value is -1.29. The molecule has 4 heteroatoms. The third-order valence-corrected chi connectivity index (χ3v) is 3.26. The Bertz CT molecular complexity index is 416. The van der Waals surface area contributed by atoms with Gasteiger partial charge in [0, 0.05) is 16.0 Å². The molecule has 0 amide bonds. The molecule has 0 saturated heterocycles. The number of rotatable bonds is 3. The normalized spacial score (nSPS) is 10.6. The van der Waals surface area contributed by atoms with Gasteiger partial charge in [0.25, 0.3) is 0 Å². The van der Waals surface area contributed by atoms with Crippen LogP contribution in [-0.4, -0.2) is 9.78 Å². The van der Waals surface area contributed by atoms with Crippen LogP contribution in [0, 0.1) is 0 Å². The Morgan fingerprint density at radius 1 is 1.36 bits per heavy atom. The van der Waals surface area contributed by atoms with E-state index in [0.29, 0.717) is 5.82 Å². The molecule has 0 aliphatic carbocycles. The summed E-state index contributed by atoms with van der Waals surface area (Å²) in [4.78, 5) is 2.74. The van der Waals surface area contributed by atoms with Gasteiger partial charge in [0.05, 0.1) is 6.54 Å². The predicted molar refractivity (Wildman–Crippen MR) is 59.4 cm³/mol. The van der Waals surface area contributed by atoms with Gasteiger partial charge in [-0.25, -0.2) is 0 Å². The maximum Gasteiger partial charge on any atom is 0.145 e. The van der Waals surface area contributed by atoms with Crippen molar-refractivity contribution in [3.63, 3.8) is 0 Å². The van der Waals surface area contributed by atoms with Crippen LogP contribution < -0.4 is 5.73 Å². The molecular formula is C10H13N3S. The lowest BCUT2D eigenvalue weighted by atomic mass is 10.4. The average Bonchev–Trinajstić information content (AvgIpc) is 2.76. The molecule has 0 aliphatic rings. The Labute approximate surface area is 87.2 Å². The van der Waals surface area contributed by atoms with Crippen molar-refractivity contribution < 1.29 is 0 Å². The van der Waals surface area contributed by atoms with Crippen molar-refractivity contribution in [3.05, 3.63) is 34.2 Å². The molecule has 0 saturated carbocycles. The molecular weight excluding hydrogens is 194 g/mol. The zero-order chi connectivity index (χ0) is 9.97. The molecule has 2 N–H and O–H groups in total. The van der Waals surface area contributed by atoms with Crippen LogP contribution in [-0.2, 0) is 13.0 Å². The van der Waals surface area contributed by atoms with E-state index in [1.165, 1.54) is 9.75 Å². The largest absolute Gasteiger partial charge is 0.382 e. The van der Waals surface area contributed by atoms with E-state index in [4.69, 9.17) is 5.73 Å². The van der Waals surface area contributed by atoms with Gasteiger partial charge in [0.1, 0.15) is 5.82 Å². The first kappa shape index (κ1) is 9.27. The summed E-state index contributed by atoms with van der Waals surface area (Å²) in [6, 6.07) is 6.14. The molecule has 0 atom stereocenters. The lowest BCUT2D eigenvalue weighted by Gasteiger charge is -1.96. The Morgan fingerprint density at radius 2 is 2.14 bits per heavy atom. The first-order valence-corrected chi connectivity index (χ1v) is 5.46. The third kappa shape index (κ3) is 1.96. The van der Waals surface area contributed by atoms with Gasteiger partial charge in [0.15, 0.2) is 0 Å². The quantitative estimate of drug-likeness (QED) is 0.838. The number of thiophene rings is 1. The van der Waals surface area contributed by atoms with Gasteiger partial charge in [-0.05, 0) is 24.6 Å². The number of aryl methyl sites for hydroxylation is 1. The number of hydrogen-bond acceptors (Lipinski definition) is 3. The number of nitrogens with zero attached hydrogens (tertiary/aromatic N) is 2. The van der Waals surface area contributed by atoms with Crippen LogP contribution in [0.5, 0.6) is 0 Å². The SMILES string of the molecule is CCc1ccc(Cn2ccc(N)n2)s1. The highest BCUT2D eigenvalue weighted by Crippen LogP contribution is 2.17. The molecule has 0 aromatic carbocycles. The van der Waals surface area contributed by atoms with E-state index in [1.807, 2.05) is 28.3 Å². The summed E-state index contributed by atoms with van der Waals surface area (Å²) in [7, 11) is 0. The van der Waals surface area contributed by atoms with E-state index in [9.17, 15) is 0 Å². The minimum absolute atomic E-state index is 0.581. The highest BCUT2D eigenvalue weighted by Gasteiger charge is 2.00. The van der Waals surface area contributed by atoms with Crippen LogP contribution in [0.1, 0.15) is 16.7 Å². The topological polar surface area (TPSA) is 43.8 Å². The van der Waals surface area contributed by atoms with Crippen molar-refractivity contribution in [2.75, 3.05) is 5.73 Å². The fourth-order valence-electron chi connectivity index (χ4n) is 1.32. The van der Waals surface area contributed by atoms with Gasteiger partial charge >= 0.3 is 0 Å². The predicted octanol–water partition coefficient (Wildman–Crippen LogP) is 2.14. The fourth-order valence-corrected chi connectivity index (χ4v) is 2.27. The maximum absolute atomic E-state index is 5.54. The summed E-state index contributed by atoms with van der Waals surface area (Å²) in [5.74, 6) is 0.581. The van der Waals surface area contributed by atoms with Crippen LogP contribution in [0.3, 0.4) is 0 Å². The summed E-state index contributed by atoms with van der Waals surface area (Å²) in [5.41, 5.74) is 5.54. The Balaban J connectivity index is 2.10. The highest BCUT2D eigenvalue weighted by atomic mass is 32.1. The molecule has 2 aromatic heterocycles. The van der Waals surface area contributed by atoms with Gasteiger partial charge in [0.2, 0.25) is 0 Å². The molecule has 2 rings (SSSR count). The van der Waals surface area contributed by atoms with Gasteiger partial charge in [-0.2, -0.15) is 5.10 Å². The Kier molecular flexibility index (Phi) is 2.54. The van der Waals surface area contributed by atoms with Crippen molar-refractivity contribution in [1.29, 1.82) is 0 Å². The lowest BCUT2D eigenvalue weighted by molar-refractivity contribution is 0.698. The minimum atomic E-state index is 0.581. The molecule has 2 aromatic rings. The molecule has 0 radical (unpaired) electrons. The molecule has 0 aliphatic heterocycles. The summed E-state index contributed by atoms with van der Waals surface area (Å²) in [6.07, 6.45) is 3.01. The van der Waals surface area contributed by atoms with Gasteiger partial charge < -0.3 is 5.73 Å². The average molecular weight is 207 g/mol. The van der Waals surface area contributed by atoms with Crippen molar-refractivity contribution in [2.45, 2.75) is 19.9 Å². The molecule has 0 unspecified atom stereocenters. The van der Waals surface area contributed by atoms with E-state index in [-0.39, 0.29) is 0 Å². The molecule has 2 heterocycles. The summed E-state index contributed by atoms with van der Waals surface area (Å²) in [5, 5.41) is 4.14. The van der Waals surface area contributed by atoms with E-state index in [0.717, 1.165) is 13.0 Å². The summed E-state index contributed by atoms with van der Waals surface area (Å²) >= 11 is 1.84. The molecule has 0 spiro atoms. The maximum atomic E-state index is 5.54. The number of hydrogen-bond donors (Lipinski definition) is 1. The van der Waals surface area contributed by atoms with Crippen molar-refractivity contribution in [1.82, 2.24) is 9.78 Å². The van der Waals surface area contributed by atoms with Crippen LogP contribution >= 0.6 is 11.3 Å². The monoisotopic (exact) mass is 207 g/mol. The Morgan fingerprint density at radius 3 is 2.71 bits per heavy atom. The lowest BCUT2D eigenvalue weighted by Crippen LogP contribution is -1.99. The smallest absolute Gasteiger partial charge is 0.145 e. The van der Waals surface area contributed by atoms with Crippen LogP contribution in [0.25, 0.3) is 0 Å².